The van der Waals surface area contributed by atoms with Crippen molar-refractivity contribution in [1.82, 2.24) is 4.90 Å². The minimum atomic E-state index is -0.339. The molecule has 0 radical (unpaired) electrons. The van der Waals surface area contributed by atoms with Crippen LogP contribution in [0, 0.1) is 0 Å². The van der Waals surface area contributed by atoms with E-state index in [9.17, 15) is 9.59 Å². The van der Waals surface area contributed by atoms with Gasteiger partial charge < -0.3 is 10.6 Å². The van der Waals surface area contributed by atoms with Gasteiger partial charge in [-0.05, 0) is 25.5 Å². The van der Waals surface area contributed by atoms with Crippen molar-refractivity contribution in [2.75, 3.05) is 5.73 Å². The summed E-state index contributed by atoms with van der Waals surface area (Å²) in [6.45, 7) is 3.87. The van der Waals surface area contributed by atoms with Crippen LogP contribution in [0.4, 0.5) is 5.69 Å². The number of carbonyl (C=O) groups is 2. The minimum absolute atomic E-state index is 0.0206. The van der Waals surface area contributed by atoms with Gasteiger partial charge in [0.15, 0.2) is 5.78 Å². The van der Waals surface area contributed by atoms with Crippen molar-refractivity contribution in [2.45, 2.75) is 32.9 Å². The van der Waals surface area contributed by atoms with Gasteiger partial charge in [-0.15, -0.1) is 0 Å². The topological polar surface area (TPSA) is 63.4 Å². The van der Waals surface area contributed by atoms with E-state index in [2.05, 4.69) is 0 Å². The first kappa shape index (κ1) is 11.6. The zero-order valence-electron chi connectivity index (χ0n) is 10.1. The summed E-state index contributed by atoms with van der Waals surface area (Å²) in [4.78, 5) is 25.3. The largest absolute Gasteiger partial charge is 0.398 e. The van der Waals surface area contributed by atoms with Crippen LogP contribution < -0.4 is 5.73 Å². The number of Topliss-reactive ketones (excluding diaryl/α,β-unsaturated/α-hetero) is 1. The van der Waals surface area contributed by atoms with Crippen molar-refractivity contribution in [3.8, 4) is 0 Å². The highest BCUT2D eigenvalue weighted by molar-refractivity contribution is 6.02. The van der Waals surface area contributed by atoms with E-state index in [-0.39, 0.29) is 17.7 Å². The number of carbonyl (C=O) groups excluding carboxylic acids is 2. The molecule has 90 valence electrons. The second-order valence-electron chi connectivity index (χ2n) is 4.34. The number of hydrogen-bond donors (Lipinski definition) is 1. The normalized spacial score (nSPS) is 15.9. The molecule has 0 fully saturated rings. The van der Waals surface area contributed by atoms with E-state index >= 15 is 0 Å². The van der Waals surface area contributed by atoms with Crippen LogP contribution in [0.25, 0.3) is 0 Å². The quantitative estimate of drug-likeness (QED) is 0.805. The van der Waals surface area contributed by atoms with Crippen LogP contribution in [0.15, 0.2) is 18.2 Å². The first-order valence-electron chi connectivity index (χ1n) is 5.75. The van der Waals surface area contributed by atoms with Gasteiger partial charge in [0, 0.05) is 23.4 Å². The van der Waals surface area contributed by atoms with E-state index in [1.807, 2.05) is 6.92 Å². The lowest BCUT2D eigenvalue weighted by Crippen LogP contribution is -2.39. The maximum atomic E-state index is 12.2. The molecule has 1 aliphatic heterocycles. The minimum Gasteiger partial charge on any atom is -0.398 e. The lowest BCUT2D eigenvalue weighted by atomic mass is 10.1. The summed E-state index contributed by atoms with van der Waals surface area (Å²) in [6, 6.07) is 4.98. The Labute approximate surface area is 100 Å². The number of nitrogen functional groups attached to an aromatic ring is 1. The third-order valence-electron chi connectivity index (χ3n) is 3.26. The number of rotatable bonds is 3. The average molecular weight is 232 g/mol. The van der Waals surface area contributed by atoms with Crippen LogP contribution in [0.5, 0.6) is 0 Å². The van der Waals surface area contributed by atoms with Crippen molar-refractivity contribution in [3.63, 3.8) is 0 Å². The number of anilines is 1. The summed E-state index contributed by atoms with van der Waals surface area (Å²) in [7, 11) is 0. The van der Waals surface area contributed by atoms with E-state index in [1.165, 1.54) is 6.92 Å². The zero-order chi connectivity index (χ0) is 12.6. The number of ketones is 1. The summed E-state index contributed by atoms with van der Waals surface area (Å²) in [6.07, 6.45) is 0.634. The summed E-state index contributed by atoms with van der Waals surface area (Å²) >= 11 is 0. The average Bonchev–Trinajstić information content (AvgIpc) is 2.60. The van der Waals surface area contributed by atoms with Gasteiger partial charge in [0.25, 0.3) is 5.91 Å². The van der Waals surface area contributed by atoms with E-state index in [1.54, 1.807) is 23.1 Å². The maximum Gasteiger partial charge on any atom is 0.255 e. The highest BCUT2D eigenvalue weighted by Gasteiger charge is 2.34. The molecule has 1 atom stereocenters. The molecule has 4 nitrogen and oxygen atoms in total. The number of nitrogens with two attached hydrogens (primary N) is 1. The fraction of sp³-hybridized carbons (Fsp3) is 0.385. The molecule has 2 rings (SSSR count). The van der Waals surface area contributed by atoms with Crippen LogP contribution >= 0.6 is 0 Å². The van der Waals surface area contributed by atoms with Gasteiger partial charge >= 0.3 is 0 Å². The Hall–Kier alpha value is -1.84. The third kappa shape index (κ3) is 1.79. The Bertz CT molecular complexity index is 482. The molecule has 0 bridgehead atoms. The fourth-order valence-electron chi connectivity index (χ4n) is 2.36. The summed E-state index contributed by atoms with van der Waals surface area (Å²) in [5.41, 5.74) is 7.95. The lowest BCUT2D eigenvalue weighted by molar-refractivity contribution is -0.121. The van der Waals surface area contributed by atoms with Crippen molar-refractivity contribution < 1.29 is 9.59 Å². The second kappa shape index (κ2) is 4.20. The predicted octanol–water partition coefficient (Wildman–Crippen LogP) is 1.59. The molecule has 1 aliphatic rings. The number of nitrogens with zero attached hydrogens (tertiary/aromatic N) is 1. The number of fused-ring (bicyclic) bond motifs is 1. The van der Waals surface area contributed by atoms with E-state index in [0.717, 1.165) is 5.56 Å². The molecular weight excluding hydrogens is 216 g/mol. The van der Waals surface area contributed by atoms with Crippen LogP contribution in [-0.2, 0) is 11.3 Å². The fourth-order valence-corrected chi connectivity index (χ4v) is 2.36. The van der Waals surface area contributed by atoms with Crippen LogP contribution in [0.2, 0.25) is 0 Å². The smallest absolute Gasteiger partial charge is 0.255 e. The van der Waals surface area contributed by atoms with E-state index in [0.29, 0.717) is 24.2 Å². The zero-order valence-corrected chi connectivity index (χ0v) is 10.1. The van der Waals surface area contributed by atoms with E-state index < -0.39 is 0 Å². The molecule has 1 amide bonds. The lowest BCUT2D eigenvalue weighted by Gasteiger charge is -2.24. The van der Waals surface area contributed by atoms with Gasteiger partial charge in [-0.1, -0.05) is 13.0 Å². The van der Waals surface area contributed by atoms with Gasteiger partial charge in [-0.3, -0.25) is 9.59 Å². The van der Waals surface area contributed by atoms with Gasteiger partial charge in [0.05, 0.1) is 6.04 Å². The van der Waals surface area contributed by atoms with Gasteiger partial charge in [-0.2, -0.15) is 0 Å². The molecule has 17 heavy (non-hydrogen) atoms. The molecule has 1 aromatic rings. The molecule has 0 spiro atoms. The number of hydrogen-bond acceptors (Lipinski definition) is 3. The third-order valence-corrected chi connectivity index (χ3v) is 3.26. The molecule has 1 aromatic carbocycles. The Morgan fingerprint density at radius 1 is 1.53 bits per heavy atom. The predicted molar refractivity (Wildman–Crippen MR) is 65.5 cm³/mol. The molecule has 1 unspecified atom stereocenters. The molecule has 0 aliphatic carbocycles. The first-order valence-corrected chi connectivity index (χ1v) is 5.75. The monoisotopic (exact) mass is 232 g/mol. The standard InChI is InChI=1S/C13H16N2O2/c1-3-12(8(2)16)15-7-10-9(13(15)17)5-4-6-11(10)14/h4-6,12H,3,7,14H2,1-2H3. The van der Waals surface area contributed by atoms with Crippen LogP contribution in [0.1, 0.15) is 36.2 Å². The molecule has 0 aromatic heterocycles. The van der Waals surface area contributed by atoms with Gasteiger partial charge in [0.1, 0.15) is 0 Å². The molecule has 0 saturated carbocycles. The Morgan fingerprint density at radius 3 is 2.76 bits per heavy atom. The van der Waals surface area contributed by atoms with Crippen molar-refractivity contribution >= 4 is 17.4 Å². The van der Waals surface area contributed by atoms with Gasteiger partial charge in [0.2, 0.25) is 0 Å². The van der Waals surface area contributed by atoms with Crippen LogP contribution in [-0.4, -0.2) is 22.6 Å². The molecule has 1 heterocycles. The SMILES string of the molecule is CCC(C(C)=O)N1Cc2c(N)cccc2C1=O. The van der Waals surface area contributed by atoms with Gasteiger partial charge in [-0.25, -0.2) is 0 Å². The molecule has 4 heteroatoms. The summed E-state index contributed by atoms with van der Waals surface area (Å²) in [5.74, 6) is -0.0680. The Morgan fingerprint density at radius 2 is 2.24 bits per heavy atom. The number of benzene rings is 1. The maximum absolute atomic E-state index is 12.2. The van der Waals surface area contributed by atoms with E-state index in [4.69, 9.17) is 5.73 Å². The van der Waals surface area contributed by atoms with Crippen molar-refractivity contribution in [2.24, 2.45) is 0 Å². The highest BCUT2D eigenvalue weighted by atomic mass is 16.2. The highest BCUT2D eigenvalue weighted by Crippen LogP contribution is 2.29. The van der Waals surface area contributed by atoms with Crippen molar-refractivity contribution in [1.29, 1.82) is 0 Å². The Balaban J connectivity index is 2.37. The number of amides is 1. The second-order valence-corrected chi connectivity index (χ2v) is 4.34. The van der Waals surface area contributed by atoms with Crippen LogP contribution in [0.3, 0.4) is 0 Å². The van der Waals surface area contributed by atoms with Crippen molar-refractivity contribution in [3.05, 3.63) is 29.3 Å². The molecule has 0 saturated heterocycles. The Kier molecular flexibility index (Phi) is 2.88. The summed E-state index contributed by atoms with van der Waals surface area (Å²) in [5, 5.41) is 0. The summed E-state index contributed by atoms with van der Waals surface area (Å²) < 4.78 is 0. The molecule has 2 N–H and O–H groups in total. The first-order chi connectivity index (χ1) is 8.06. The molecular formula is C13H16N2O2.